The van der Waals surface area contributed by atoms with E-state index >= 15 is 0 Å². The molecule has 0 saturated carbocycles. The minimum absolute atomic E-state index is 0.0566. The molecule has 0 bridgehead atoms. The number of carboxylic acid groups (broad SMARTS) is 1. The molecule has 1 aromatic carbocycles. The van der Waals surface area contributed by atoms with Crippen molar-refractivity contribution in [3.63, 3.8) is 0 Å². The summed E-state index contributed by atoms with van der Waals surface area (Å²) in [5, 5.41) is 12.5. The van der Waals surface area contributed by atoms with Gasteiger partial charge >= 0.3 is 10.8 Å². The first-order chi connectivity index (χ1) is 19.3. The number of nitrogens with one attached hydrogen (secondary N) is 2. The molecule has 1 atom stereocenters. The number of carboxylic acids is 1. The van der Waals surface area contributed by atoms with Crippen molar-refractivity contribution in [2.45, 2.75) is 26.0 Å². The van der Waals surface area contributed by atoms with E-state index in [9.17, 15) is 14.7 Å². The minimum atomic E-state index is -0.979. The average molecular weight is 574 g/mol. The zero-order chi connectivity index (χ0) is 28.8. The van der Waals surface area contributed by atoms with E-state index in [0.29, 0.717) is 81.9 Å². The van der Waals surface area contributed by atoms with Crippen molar-refractivity contribution in [3.8, 4) is 17.2 Å². The first-order valence-electron chi connectivity index (χ1n) is 12.6. The maximum absolute atomic E-state index is 13.1. The first kappa shape index (κ1) is 28.8. The molecule has 0 radical (unpaired) electrons. The SMILES string of the molecule is CC[s+]1c(C(=O)O)c(C)[nH]c1=Nc1nc(CC(=O)Nc2cc(OC)c(OC)c(OC)c2)cc(N2CCOCC2)n1. The summed E-state index contributed by atoms with van der Waals surface area (Å²) in [6.45, 7) is 5.99. The second-order valence-corrected chi connectivity index (χ2v) is 10.9. The zero-order valence-corrected chi connectivity index (χ0v) is 23.9. The van der Waals surface area contributed by atoms with Crippen molar-refractivity contribution < 1.29 is 33.6 Å². The average Bonchev–Trinajstić information content (AvgIpc) is 3.27. The molecule has 13 nitrogen and oxygen atoms in total. The smallest absolute Gasteiger partial charge is 0.391 e. The molecule has 3 heterocycles. The lowest BCUT2D eigenvalue weighted by Crippen LogP contribution is -2.37. The molecule has 1 amide bonds. The molecule has 214 valence electrons. The number of carbonyl (C=O) groups is 2. The molecule has 1 aliphatic heterocycles. The number of aromatic carboxylic acids is 1. The monoisotopic (exact) mass is 573 g/mol. The van der Waals surface area contributed by atoms with Gasteiger partial charge in [0.1, 0.15) is 11.6 Å². The summed E-state index contributed by atoms with van der Waals surface area (Å²) in [6, 6.07) is 5.04. The molecule has 1 aliphatic rings. The van der Waals surface area contributed by atoms with Crippen LogP contribution in [0.2, 0.25) is 0 Å². The van der Waals surface area contributed by atoms with Crippen molar-refractivity contribution in [1.82, 2.24) is 15.0 Å². The Bertz CT molecular complexity index is 1440. The second-order valence-electron chi connectivity index (χ2n) is 8.74. The lowest BCUT2D eigenvalue weighted by molar-refractivity contribution is -0.115. The van der Waals surface area contributed by atoms with Gasteiger partial charge in [-0.05, 0) is 13.8 Å². The maximum Gasteiger partial charge on any atom is 0.391 e. The molecule has 3 aromatic rings. The molecule has 1 saturated heterocycles. The molecule has 40 heavy (non-hydrogen) atoms. The number of amides is 1. The Kier molecular flexibility index (Phi) is 9.22. The zero-order valence-electron chi connectivity index (χ0n) is 23.1. The van der Waals surface area contributed by atoms with Crippen molar-refractivity contribution in [2.75, 3.05) is 57.8 Å². The number of hydrogen-bond donors (Lipinski definition) is 3. The molecule has 14 heteroatoms. The fraction of sp³-hybridized carbons (Fsp3) is 0.423. The van der Waals surface area contributed by atoms with Crippen LogP contribution < -0.4 is 29.2 Å². The van der Waals surface area contributed by atoms with Gasteiger partial charge in [0.05, 0.1) is 52.4 Å². The number of aryl methyl sites for hydroxylation is 1. The highest BCUT2D eigenvalue weighted by atomic mass is 32.2. The van der Waals surface area contributed by atoms with E-state index in [1.807, 2.05) is 11.8 Å². The third-order valence-corrected chi connectivity index (χ3v) is 8.39. The number of aromatic amines is 1. The lowest BCUT2D eigenvalue weighted by Gasteiger charge is -2.28. The molecule has 1 fully saturated rings. The number of nitrogens with zero attached hydrogens (tertiary/aromatic N) is 4. The quantitative estimate of drug-likeness (QED) is 0.308. The fourth-order valence-corrected chi connectivity index (χ4v) is 6.22. The number of carbonyl (C=O) groups excluding carboxylic acids is 1. The van der Waals surface area contributed by atoms with Crippen LogP contribution in [0.3, 0.4) is 0 Å². The summed E-state index contributed by atoms with van der Waals surface area (Å²) in [4.78, 5) is 44.6. The summed E-state index contributed by atoms with van der Waals surface area (Å²) in [5.41, 5.74) is 1.47. The van der Waals surface area contributed by atoms with Gasteiger partial charge in [0, 0.05) is 47.4 Å². The van der Waals surface area contributed by atoms with Gasteiger partial charge in [-0.2, -0.15) is 4.98 Å². The molecule has 3 N–H and O–H groups in total. The van der Waals surface area contributed by atoms with Gasteiger partial charge in [-0.3, -0.25) is 9.78 Å². The minimum Gasteiger partial charge on any atom is -0.493 e. The molecule has 0 spiro atoms. The predicted molar refractivity (Wildman–Crippen MR) is 149 cm³/mol. The number of ether oxygens (including phenoxy) is 4. The van der Waals surface area contributed by atoms with Gasteiger partial charge in [0.2, 0.25) is 11.7 Å². The number of thiazole rings is 1. The van der Waals surface area contributed by atoms with Crippen LogP contribution >= 0.6 is 10.5 Å². The highest BCUT2D eigenvalue weighted by Crippen LogP contribution is 2.40. The Balaban J connectivity index is 1.69. The van der Waals surface area contributed by atoms with Crippen LogP contribution in [0.15, 0.2) is 23.2 Å². The van der Waals surface area contributed by atoms with Crippen molar-refractivity contribution in [1.29, 1.82) is 0 Å². The van der Waals surface area contributed by atoms with E-state index in [1.54, 1.807) is 25.1 Å². The van der Waals surface area contributed by atoms with Crippen molar-refractivity contribution >= 4 is 39.8 Å². The molecule has 4 rings (SSSR count). The number of hydrogen-bond acceptors (Lipinski definition) is 10. The third kappa shape index (κ3) is 6.34. The first-order valence-corrected chi connectivity index (χ1v) is 14.0. The largest absolute Gasteiger partial charge is 0.493 e. The van der Waals surface area contributed by atoms with Crippen LogP contribution in [0.5, 0.6) is 17.2 Å². The number of anilines is 2. The van der Waals surface area contributed by atoms with E-state index < -0.39 is 16.4 Å². The summed E-state index contributed by atoms with van der Waals surface area (Å²) in [6.07, 6.45) is -0.0566. The number of aromatic nitrogens is 3. The third-order valence-electron chi connectivity index (χ3n) is 6.18. The molecular formula is C26H33N6O7S+. The summed E-state index contributed by atoms with van der Waals surface area (Å²) in [5.74, 6) is 1.26. The molecule has 2 aromatic heterocycles. The van der Waals surface area contributed by atoms with Crippen LogP contribution in [0.25, 0.3) is 0 Å². The van der Waals surface area contributed by atoms with Gasteiger partial charge < -0.3 is 34.3 Å². The summed E-state index contributed by atoms with van der Waals surface area (Å²) < 4.78 is 21.6. The van der Waals surface area contributed by atoms with E-state index in [1.165, 1.54) is 21.3 Å². The summed E-state index contributed by atoms with van der Waals surface area (Å²) >= 11 is 0. The van der Waals surface area contributed by atoms with E-state index in [0.717, 1.165) is 0 Å². The summed E-state index contributed by atoms with van der Waals surface area (Å²) in [7, 11) is 3.76. The fourth-order valence-electron chi connectivity index (χ4n) is 4.37. The number of benzene rings is 1. The highest BCUT2D eigenvalue weighted by molar-refractivity contribution is 7.30. The van der Waals surface area contributed by atoms with Crippen LogP contribution in [-0.4, -0.2) is 79.6 Å². The second kappa shape index (κ2) is 12.8. The van der Waals surface area contributed by atoms with E-state index in [4.69, 9.17) is 18.9 Å². The van der Waals surface area contributed by atoms with Gasteiger partial charge in [0.15, 0.2) is 11.5 Å². The lowest BCUT2D eigenvalue weighted by atomic mass is 10.2. The Morgan fingerprint density at radius 2 is 1.80 bits per heavy atom. The Morgan fingerprint density at radius 1 is 1.12 bits per heavy atom. The van der Waals surface area contributed by atoms with Crippen molar-refractivity contribution in [3.05, 3.63) is 39.3 Å². The maximum atomic E-state index is 13.1. The van der Waals surface area contributed by atoms with Gasteiger partial charge in [-0.1, -0.05) is 0 Å². The number of H-pyrrole nitrogens is 1. The number of methoxy groups -OCH3 is 3. The van der Waals surface area contributed by atoms with E-state index in [-0.39, 0.29) is 18.3 Å². The Hall–Kier alpha value is -4.17. The van der Waals surface area contributed by atoms with Crippen LogP contribution in [0.4, 0.5) is 17.5 Å². The topological polar surface area (TPSA) is 160 Å². The number of morpholine rings is 1. The highest BCUT2D eigenvalue weighted by Gasteiger charge is 2.27. The molecular weight excluding hydrogens is 540 g/mol. The standard InChI is InChI=1S/C26H32N6O7S/c1-6-40-23(24(34)35)15(2)27-26(40)31-25-29-17(13-20(30-25)32-7-9-39-10-8-32)14-21(33)28-16-11-18(36-3)22(38-5)19(12-16)37-4/h11-13H,6-10,14H2,1-5H3,(H2-,27,28,29,30,31,33,34,35)/p+1. The van der Waals surface area contributed by atoms with Gasteiger partial charge in [-0.15, -0.1) is 4.99 Å². The normalized spacial score (nSPS) is 14.2. The van der Waals surface area contributed by atoms with Crippen LogP contribution in [-0.2, 0) is 21.7 Å². The van der Waals surface area contributed by atoms with Crippen LogP contribution in [0.1, 0.15) is 28.0 Å². The van der Waals surface area contributed by atoms with Gasteiger partial charge in [0.25, 0.3) is 10.8 Å². The number of rotatable bonds is 10. The Labute approximate surface area is 233 Å². The Morgan fingerprint density at radius 3 is 2.38 bits per heavy atom. The van der Waals surface area contributed by atoms with Crippen LogP contribution in [0, 0.1) is 6.92 Å². The van der Waals surface area contributed by atoms with Gasteiger partial charge in [-0.25, -0.2) is 9.78 Å². The van der Waals surface area contributed by atoms with E-state index in [2.05, 4.69) is 25.3 Å². The molecule has 1 unspecified atom stereocenters. The molecule has 0 aliphatic carbocycles. The van der Waals surface area contributed by atoms with Crippen molar-refractivity contribution in [2.24, 2.45) is 4.99 Å². The predicted octanol–water partition coefficient (Wildman–Crippen LogP) is 2.86.